The summed E-state index contributed by atoms with van der Waals surface area (Å²) in [5.74, 6) is 0. The molecule has 0 heterocycles. The molecule has 1 N–H and O–H groups in total. The predicted octanol–water partition coefficient (Wildman–Crippen LogP) is 4.01. The quantitative estimate of drug-likeness (QED) is 0.927. The summed E-state index contributed by atoms with van der Waals surface area (Å²) in [6, 6.07) is 12.2. The summed E-state index contributed by atoms with van der Waals surface area (Å²) in [4.78, 5) is 0.0873. The van der Waals surface area contributed by atoms with Crippen LogP contribution >= 0.6 is 11.6 Å². The van der Waals surface area contributed by atoms with Gasteiger partial charge in [-0.2, -0.15) is 0 Å². The first-order valence-corrected chi connectivity index (χ1v) is 8.16. The molecule has 3 nitrogen and oxygen atoms in total. The third-order valence-corrected chi connectivity index (χ3v) is 4.86. The molecule has 0 aromatic heterocycles. The van der Waals surface area contributed by atoms with E-state index in [4.69, 9.17) is 11.6 Å². The summed E-state index contributed by atoms with van der Waals surface area (Å²) in [7, 11) is -3.66. The van der Waals surface area contributed by atoms with Crippen LogP contribution in [-0.4, -0.2) is 8.42 Å². The fourth-order valence-corrected chi connectivity index (χ4v) is 3.50. The van der Waals surface area contributed by atoms with E-state index in [0.717, 1.165) is 17.5 Å². The predicted molar refractivity (Wildman–Crippen MR) is 82.8 cm³/mol. The molecule has 5 heteroatoms. The van der Waals surface area contributed by atoms with E-state index in [1.807, 2.05) is 26.0 Å². The molecule has 0 bridgehead atoms. The van der Waals surface area contributed by atoms with Gasteiger partial charge in [0.1, 0.15) is 4.90 Å². The Morgan fingerprint density at radius 2 is 1.75 bits per heavy atom. The molecule has 0 atom stereocenters. The van der Waals surface area contributed by atoms with E-state index >= 15 is 0 Å². The summed E-state index contributed by atoms with van der Waals surface area (Å²) in [6.45, 7) is 3.91. The van der Waals surface area contributed by atoms with Gasteiger partial charge in [0.25, 0.3) is 10.0 Å². The van der Waals surface area contributed by atoms with E-state index in [2.05, 4.69) is 4.72 Å². The van der Waals surface area contributed by atoms with Crippen LogP contribution in [0.15, 0.2) is 47.4 Å². The summed E-state index contributed by atoms with van der Waals surface area (Å²) in [5, 5.41) is 0.225. The maximum absolute atomic E-state index is 12.3. The normalized spacial score (nSPS) is 11.3. The smallest absolute Gasteiger partial charge is 0.263 e. The van der Waals surface area contributed by atoms with Crippen molar-refractivity contribution in [3.8, 4) is 0 Å². The van der Waals surface area contributed by atoms with Crippen LogP contribution in [0.5, 0.6) is 0 Å². The number of hydrogen-bond donors (Lipinski definition) is 1. The number of sulfonamides is 1. The number of nitrogens with one attached hydrogen (secondary N) is 1. The highest BCUT2D eigenvalue weighted by Crippen LogP contribution is 2.24. The highest BCUT2D eigenvalue weighted by molar-refractivity contribution is 7.92. The van der Waals surface area contributed by atoms with E-state index in [1.54, 1.807) is 24.3 Å². The van der Waals surface area contributed by atoms with Crippen molar-refractivity contribution in [3.63, 3.8) is 0 Å². The number of anilines is 1. The second kappa shape index (κ2) is 5.85. The lowest BCUT2D eigenvalue weighted by atomic mass is 10.2. The lowest BCUT2D eigenvalue weighted by Gasteiger charge is -2.10. The molecule has 0 spiro atoms. The molecule has 0 amide bonds. The molecular weight excluding hydrogens is 294 g/mol. The zero-order chi connectivity index (χ0) is 14.8. The minimum Gasteiger partial charge on any atom is -0.280 e. The van der Waals surface area contributed by atoms with Gasteiger partial charge in [0.15, 0.2) is 0 Å². The van der Waals surface area contributed by atoms with Crippen molar-refractivity contribution < 1.29 is 8.42 Å². The Bertz CT molecular complexity index is 709. The Hall–Kier alpha value is -1.52. The Balaban J connectivity index is 2.30. The molecule has 0 saturated heterocycles. The molecule has 2 rings (SSSR count). The fraction of sp³-hybridized carbons (Fsp3) is 0.200. The molecule has 2 aromatic rings. The molecule has 106 valence electrons. The van der Waals surface area contributed by atoms with Gasteiger partial charge in [-0.25, -0.2) is 8.42 Å². The molecule has 20 heavy (non-hydrogen) atoms. The Labute approximate surface area is 124 Å². The molecule has 2 aromatic carbocycles. The van der Waals surface area contributed by atoms with Crippen LogP contribution in [0.3, 0.4) is 0 Å². The summed E-state index contributed by atoms with van der Waals surface area (Å²) >= 11 is 6.01. The van der Waals surface area contributed by atoms with Gasteiger partial charge in [0, 0.05) is 5.69 Å². The zero-order valence-corrected chi connectivity index (χ0v) is 12.9. The van der Waals surface area contributed by atoms with Crippen molar-refractivity contribution >= 4 is 27.3 Å². The van der Waals surface area contributed by atoms with E-state index in [0.29, 0.717) is 5.69 Å². The van der Waals surface area contributed by atoms with Crippen molar-refractivity contribution in [1.29, 1.82) is 0 Å². The standard InChI is InChI=1S/C15H16ClNO2S/c1-3-12-5-7-13(8-6-12)17-20(18,19)15-9-4-11(2)10-14(15)16/h4-10,17H,3H2,1-2H3. The number of rotatable bonds is 4. The number of aryl methyl sites for hydroxylation is 2. The average Bonchev–Trinajstić information content (AvgIpc) is 2.38. The molecule has 0 aliphatic carbocycles. The largest absolute Gasteiger partial charge is 0.280 e. The van der Waals surface area contributed by atoms with Crippen molar-refractivity contribution in [3.05, 3.63) is 58.6 Å². The first-order chi connectivity index (χ1) is 9.42. The van der Waals surface area contributed by atoms with Gasteiger partial charge in [0.2, 0.25) is 0 Å². The van der Waals surface area contributed by atoms with Crippen LogP contribution in [0.25, 0.3) is 0 Å². The van der Waals surface area contributed by atoms with Crippen LogP contribution in [-0.2, 0) is 16.4 Å². The Kier molecular flexibility index (Phi) is 4.35. The van der Waals surface area contributed by atoms with Crippen molar-refractivity contribution in [1.82, 2.24) is 0 Å². The first-order valence-electron chi connectivity index (χ1n) is 6.30. The van der Waals surface area contributed by atoms with Gasteiger partial charge in [-0.05, 0) is 48.7 Å². The third kappa shape index (κ3) is 3.32. The minimum absolute atomic E-state index is 0.0873. The molecule has 0 radical (unpaired) electrons. The summed E-state index contributed by atoms with van der Waals surface area (Å²) < 4.78 is 27.1. The summed E-state index contributed by atoms with van der Waals surface area (Å²) in [6.07, 6.45) is 0.914. The first kappa shape index (κ1) is 14.9. The van der Waals surface area contributed by atoms with E-state index in [-0.39, 0.29) is 9.92 Å². The van der Waals surface area contributed by atoms with Crippen LogP contribution in [0.1, 0.15) is 18.1 Å². The monoisotopic (exact) mass is 309 g/mol. The molecule has 0 aliphatic rings. The van der Waals surface area contributed by atoms with Crippen LogP contribution in [0.4, 0.5) is 5.69 Å². The maximum Gasteiger partial charge on any atom is 0.263 e. The lowest BCUT2D eigenvalue weighted by molar-refractivity contribution is 0.601. The number of halogens is 1. The van der Waals surface area contributed by atoms with Gasteiger partial charge >= 0.3 is 0 Å². The highest BCUT2D eigenvalue weighted by atomic mass is 35.5. The van der Waals surface area contributed by atoms with Gasteiger partial charge in [-0.15, -0.1) is 0 Å². The number of benzene rings is 2. The van der Waals surface area contributed by atoms with Gasteiger partial charge in [0.05, 0.1) is 5.02 Å². The SMILES string of the molecule is CCc1ccc(NS(=O)(=O)c2ccc(C)cc2Cl)cc1. The van der Waals surface area contributed by atoms with Crippen molar-refractivity contribution in [2.45, 2.75) is 25.2 Å². The topological polar surface area (TPSA) is 46.2 Å². The van der Waals surface area contributed by atoms with Crippen molar-refractivity contribution in [2.75, 3.05) is 4.72 Å². The molecule has 0 saturated carbocycles. The minimum atomic E-state index is -3.66. The zero-order valence-electron chi connectivity index (χ0n) is 11.4. The second-order valence-electron chi connectivity index (χ2n) is 4.59. The van der Waals surface area contributed by atoms with Gasteiger partial charge in [-0.3, -0.25) is 4.72 Å². The molecular formula is C15H16ClNO2S. The van der Waals surface area contributed by atoms with Crippen LogP contribution < -0.4 is 4.72 Å². The molecule has 0 aliphatic heterocycles. The molecule has 0 fully saturated rings. The highest BCUT2D eigenvalue weighted by Gasteiger charge is 2.17. The summed E-state index contributed by atoms with van der Waals surface area (Å²) in [5.41, 5.74) is 2.60. The van der Waals surface area contributed by atoms with E-state index in [1.165, 1.54) is 6.07 Å². The fourth-order valence-electron chi connectivity index (χ4n) is 1.84. The van der Waals surface area contributed by atoms with Crippen LogP contribution in [0, 0.1) is 6.92 Å². The lowest BCUT2D eigenvalue weighted by Crippen LogP contribution is -2.13. The average molecular weight is 310 g/mol. The second-order valence-corrected chi connectivity index (χ2v) is 6.65. The third-order valence-electron chi connectivity index (χ3n) is 2.99. The Morgan fingerprint density at radius 3 is 2.30 bits per heavy atom. The van der Waals surface area contributed by atoms with Crippen molar-refractivity contribution in [2.24, 2.45) is 0 Å². The maximum atomic E-state index is 12.3. The van der Waals surface area contributed by atoms with Gasteiger partial charge in [-0.1, -0.05) is 36.7 Å². The van der Waals surface area contributed by atoms with E-state index in [9.17, 15) is 8.42 Å². The number of hydrogen-bond acceptors (Lipinski definition) is 2. The van der Waals surface area contributed by atoms with E-state index < -0.39 is 10.0 Å². The van der Waals surface area contributed by atoms with Gasteiger partial charge < -0.3 is 0 Å². The van der Waals surface area contributed by atoms with Crippen LogP contribution in [0.2, 0.25) is 5.02 Å². The Morgan fingerprint density at radius 1 is 1.10 bits per heavy atom. The molecule has 0 unspecified atom stereocenters.